The maximum absolute atomic E-state index is 12.2. The van der Waals surface area contributed by atoms with Crippen LogP contribution in [0, 0.1) is 0 Å². The predicted octanol–water partition coefficient (Wildman–Crippen LogP) is -0.543. The van der Waals surface area contributed by atoms with E-state index in [0.29, 0.717) is 24.7 Å². The first kappa shape index (κ1) is 17.3. The van der Waals surface area contributed by atoms with Crippen molar-refractivity contribution in [3.8, 4) is 11.5 Å². The van der Waals surface area contributed by atoms with Crippen molar-refractivity contribution < 1.29 is 19.1 Å². The van der Waals surface area contributed by atoms with Gasteiger partial charge in [0, 0.05) is 11.8 Å². The standard InChI is InChI=1S/C17H13N5O6/c23-14(8-1-2-11-12(6-8)28-4-3-27-11)21-22-15(24)9-5-10-13(18-7-9)19-17(26)20-16(10)25/h1-2,5-7H,3-4H2,(H,21,23)(H,22,24)(H2,18,19,20,25,26). The molecule has 1 aromatic carbocycles. The zero-order valence-electron chi connectivity index (χ0n) is 14.2. The normalized spacial score (nSPS) is 12.4. The zero-order chi connectivity index (χ0) is 19.7. The van der Waals surface area contributed by atoms with Gasteiger partial charge in [-0.1, -0.05) is 0 Å². The number of benzene rings is 1. The molecule has 0 atom stereocenters. The summed E-state index contributed by atoms with van der Waals surface area (Å²) in [6, 6.07) is 5.89. The molecule has 1 aliphatic rings. The fourth-order valence-electron chi connectivity index (χ4n) is 2.61. The summed E-state index contributed by atoms with van der Waals surface area (Å²) >= 11 is 0. The Labute approximate surface area is 155 Å². The van der Waals surface area contributed by atoms with Crippen LogP contribution < -0.4 is 31.6 Å². The lowest BCUT2D eigenvalue weighted by Crippen LogP contribution is -2.41. The fraction of sp³-hybridized carbons (Fsp3) is 0.118. The zero-order valence-corrected chi connectivity index (χ0v) is 14.2. The molecule has 0 radical (unpaired) electrons. The minimum absolute atomic E-state index is 0.0209. The van der Waals surface area contributed by atoms with Crippen LogP contribution >= 0.6 is 0 Å². The van der Waals surface area contributed by atoms with Crippen molar-refractivity contribution in [2.75, 3.05) is 13.2 Å². The van der Waals surface area contributed by atoms with E-state index in [1.807, 2.05) is 4.98 Å². The van der Waals surface area contributed by atoms with Gasteiger partial charge in [-0.05, 0) is 24.3 Å². The molecule has 142 valence electrons. The van der Waals surface area contributed by atoms with Crippen LogP contribution in [0.15, 0.2) is 40.1 Å². The molecule has 3 aromatic rings. The Hall–Kier alpha value is -4.15. The second kappa shape index (κ2) is 6.87. The maximum atomic E-state index is 12.2. The molecule has 0 saturated heterocycles. The molecule has 1 aliphatic heterocycles. The quantitative estimate of drug-likeness (QED) is 0.433. The maximum Gasteiger partial charge on any atom is 0.327 e. The van der Waals surface area contributed by atoms with Crippen molar-refractivity contribution in [3.63, 3.8) is 0 Å². The molecule has 3 heterocycles. The van der Waals surface area contributed by atoms with Gasteiger partial charge >= 0.3 is 5.69 Å². The number of hydrogen-bond acceptors (Lipinski definition) is 7. The molecule has 11 heteroatoms. The van der Waals surface area contributed by atoms with Gasteiger partial charge in [0.05, 0.1) is 10.9 Å². The molecule has 0 aliphatic carbocycles. The minimum Gasteiger partial charge on any atom is -0.486 e. The van der Waals surface area contributed by atoms with Crippen LogP contribution in [0.4, 0.5) is 0 Å². The van der Waals surface area contributed by atoms with Gasteiger partial charge in [0.2, 0.25) is 0 Å². The van der Waals surface area contributed by atoms with Gasteiger partial charge in [0.25, 0.3) is 17.4 Å². The lowest BCUT2D eigenvalue weighted by atomic mass is 10.2. The number of aromatic nitrogens is 3. The summed E-state index contributed by atoms with van der Waals surface area (Å²) in [6.07, 6.45) is 1.17. The highest BCUT2D eigenvalue weighted by Gasteiger charge is 2.16. The Kier molecular flexibility index (Phi) is 4.24. The number of rotatable bonds is 2. The summed E-state index contributed by atoms with van der Waals surface area (Å²) < 4.78 is 10.8. The van der Waals surface area contributed by atoms with E-state index in [-0.39, 0.29) is 22.2 Å². The number of H-pyrrole nitrogens is 2. The molecule has 2 aromatic heterocycles. The van der Waals surface area contributed by atoms with Crippen molar-refractivity contribution in [1.29, 1.82) is 0 Å². The summed E-state index contributed by atoms with van der Waals surface area (Å²) in [5, 5.41) is 0.0328. The van der Waals surface area contributed by atoms with Crippen LogP contribution in [-0.4, -0.2) is 40.0 Å². The van der Waals surface area contributed by atoms with Gasteiger partial charge in [-0.3, -0.25) is 35.2 Å². The number of ether oxygens (including phenoxy) is 2. The molecule has 11 nitrogen and oxygen atoms in total. The number of carbonyl (C=O) groups is 2. The van der Waals surface area contributed by atoms with Crippen molar-refractivity contribution in [2.24, 2.45) is 0 Å². The van der Waals surface area contributed by atoms with Gasteiger partial charge in [-0.15, -0.1) is 0 Å². The highest BCUT2D eigenvalue weighted by molar-refractivity contribution is 6.00. The molecule has 2 amide bonds. The van der Waals surface area contributed by atoms with Crippen molar-refractivity contribution in [1.82, 2.24) is 25.8 Å². The SMILES string of the molecule is O=C(NNC(=O)c1cnc2[nH]c(=O)[nH]c(=O)c2c1)c1ccc2c(c1)OCCO2. The van der Waals surface area contributed by atoms with E-state index >= 15 is 0 Å². The molecule has 4 N–H and O–H groups in total. The second-order valence-electron chi connectivity index (χ2n) is 5.80. The van der Waals surface area contributed by atoms with Crippen molar-refractivity contribution >= 4 is 22.8 Å². The molecule has 0 fully saturated rings. The number of pyridine rings is 1. The van der Waals surface area contributed by atoms with Gasteiger partial charge in [-0.2, -0.15) is 0 Å². The summed E-state index contributed by atoms with van der Waals surface area (Å²) in [4.78, 5) is 55.8. The Morgan fingerprint density at radius 2 is 1.64 bits per heavy atom. The number of nitrogens with one attached hydrogen (secondary N) is 4. The number of nitrogens with zero attached hydrogens (tertiary/aromatic N) is 1. The van der Waals surface area contributed by atoms with Gasteiger partial charge in [0.1, 0.15) is 18.9 Å². The Balaban J connectivity index is 1.48. The van der Waals surface area contributed by atoms with E-state index in [1.165, 1.54) is 24.4 Å². The van der Waals surface area contributed by atoms with Gasteiger partial charge in [0.15, 0.2) is 11.5 Å². The molecule has 28 heavy (non-hydrogen) atoms. The highest BCUT2D eigenvalue weighted by atomic mass is 16.6. The molecule has 0 unspecified atom stereocenters. The summed E-state index contributed by atoms with van der Waals surface area (Å²) in [6.45, 7) is 0.819. The summed E-state index contributed by atoms with van der Waals surface area (Å²) in [5.74, 6) is -0.276. The average molecular weight is 383 g/mol. The molecule has 4 rings (SSSR count). The van der Waals surface area contributed by atoms with Crippen LogP contribution in [0.5, 0.6) is 11.5 Å². The molecule has 0 saturated carbocycles. The van der Waals surface area contributed by atoms with E-state index in [2.05, 4.69) is 20.8 Å². The number of hydrogen-bond donors (Lipinski definition) is 4. The number of carbonyl (C=O) groups excluding carboxylic acids is 2. The number of aromatic amines is 2. The minimum atomic E-state index is -0.700. The van der Waals surface area contributed by atoms with E-state index in [0.717, 1.165) is 0 Å². The third-order valence-electron chi connectivity index (χ3n) is 3.95. The van der Waals surface area contributed by atoms with E-state index in [9.17, 15) is 19.2 Å². The predicted molar refractivity (Wildman–Crippen MR) is 95.3 cm³/mol. The molecular weight excluding hydrogens is 370 g/mol. The first-order valence-corrected chi connectivity index (χ1v) is 8.14. The smallest absolute Gasteiger partial charge is 0.327 e. The van der Waals surface area contributed by atoms with E-state index in [4.69, 9.17) is 9.47 Å². The average Bonchev–Trinajstić information content (AvgIpc) is 2.71. The fourth-order valence-corrected chi connectivity index (χ4v) is 2.61. The number of hydrazine groups is 1. The first-order chi connectivity index (χ1) is 13.5. The highest BCUT2D eigenvalue weighted by Crippen LogP contribution is 2.30. The first-order valence-electron chi connectivity index (χ1n) is 8.14. The Bertz CT molecular complexity index is 1210. The van der Waals surface area contributed by atoms with Crippen LogP contribution in [0.3, 0.4) is 0 Å². The van der Waals surface area contributed by atoms with Crippen LogP contribution in [-0.2, 0) is 0 Å². The summed E-state index contributed by atoms with van der Waals surface area (Å²) in [7, 11) is 0. The number of amides is 2. The number of fused-ring (bicyclic) bond motifs is 2. The lowest BCUT2D eigenvalue weighted by molar-refractivity contribution is 0.0846. The second-order valence-corrected chi connectivity index (χ2v) is 5.80. The van der Waals surface area contributed by atoms with Gasteiger partial charge < -0.3 is 9.47 Å². The van der Waals surface area contributed by atoms with E-state index in [1.54, 1.807) is 6.07 Å². The molecule has 0 spiro atoms. The monoisotopic (exact) mass is 383 g/mol. The molecular formula is C17H13N5O6. The van der Waals surface area contributed by atoms with Crippen LogP contribution in [0.2, 0.25) is 0 Å². The molecule has 0 bridgehead atoms. The van der Waals surface area contributed by atoms with Gasteiger partial charge in [-0.25, -0.2) is 9.78 Å². The topological polar surface area (TPSA) is 155 Å². The van der Waals surface area contributed by atoms with Crippen molar-refractivity contribution in [3.05, 3.63) is 62.4 Å². The van der Waals surface area contributed by atoms with Crippen molar-refractivity contribution in [2.45, 2.75) is 0 Å². The third kappa shape index (κ3) is 3.28. The largest absolute Gasteiger partial charge is 0.486 e. The Morgan fingerprint density at radius 1 is 0.929 bits per heavy atom. The lowest BCUT2D eigenvalue weighted by Gasteiger charge is -2.18. The summed E-state index contributed by atoms with van der Waals surface area (Å²) in [5.41, 5.74) is 3.46. The van der Waals surface area contributed by atoms with Crippen LogP contribution in [0.25, 0.3) is 11.0 Å². The van der Waals surface area contributed by atoms with Crippen LogP contribution in [0.1, 0.15) is 20.7 Å². The van der Waals surface area contributed by atoms with E-state index < -0.39 is 23.1 Å². The Morgan fingerprint density at radius 3 is 2.43 bits per heavy atom. The third-order valence-corrected chi connectivity index (χ3v) is 3.95.